The minimum absolute atomic E-state index is 0.924. The van der Waals surface area contributed by atoms with Crippen LogP contribution >= 0.6 is 0 Å². The summed E-state index contributed by atoms with van der Waals surface area (Å²) < 4.78 is 0. The van der Waals surface area contributed by atoms with E-state index in [1.807, 2.05) is 0 Å². The van der Waals surface area contributed by atoms with Crippen molar-refractivity contribution in [3.05, 3.63) is 88.0 Å². The van der Waals surface area contributed by atoms with Crippen molar-refractivity contribution in [2.75, 3.05) is 20.6 Å². The van der Waals surface area contributed by atoms with Crippen LogP contribution in [-0.4, -0.2) is 31.8 Å². The van der Waals surface area contributed by atoms with Crippen molar-refractivity contribution >= 4 is 22.6 Å². The van der Waals surface area contributed by atoms with Gasteiger partial charge in [0.25, 0.3) is 0 Å². The molecule has 3 aromatic rings. The van der Waals surface area contributed by atoms with E-state index in [1.165, 1.54) is 55.3 Å². The molecule has 2 heteroatoms. The van der Waals surface area contributed by atoms with Gasteiger partial charge in [0.15, 0.2) is 0 Å². The molecule has 152 valence electrons. The highest BCUT2D eigenvalue weighted by Crippen LogP contribution is 2.40. The second-order valence-electron chi connectivity index (χ2n) is 8.65. The first-order valence-corrected chi connectivity index (χ1v) is 10.6. The van der Waals surface area contributed by atoms with Gasteiger partial charge in [0.05, 0.1) is 0 Å². The first-order valence-electron chi connectivity index (χ1n) is 10.6. The highest BCUT2D eigenvalue weighted by atomic mass is 15.0. The number of hydrogen-bond donors (Lipinski definition) is 1. The SMILES string of the molecule is Cc1ccc(-c2c(C=N)c(C3=CC(CN(C)C)=CC3)cc3ccccc23)c(C)c1C. The van der Waals surface area contributed by atoms with E-state index < -0.39 is 0 Å². The standard InChI is InChI=1S/C28H30N2/c1-18-10-13-24(20(3)19(18)2)28-25-9-7-6-8-22(25)15-26(27(28)16-29)23-12-11-21(14-23)17-30(4)5/h6-11,13-16,29H,12,17H2,1-5H3. The maximum absolute atomic E-state index is 8.37. The first kappa shape index (κ1) is 20.3. The first-order chi connectivity index (χ1) is 14.4. The Morgan fingerprint density at radius 1 is 0.967 bits per heavy atom. The summed E-state index contributed by atoms with van der Waals surface area (Å²) in [7, 11) is 4.21. The fourth-order valence-corrected chi connectivity index (χ4v) is 4.54. The van der Waals surface area contributed by atoms with Crippen LogP contribution in [0.2, 0.25) is 0 Å². The summed E-state index contributed by atoms with van der Waals surface area (Å²) in [6, 6.07) is 15.3. The van der Waals surface area contributed by atoms with E-state index in [0.717, 1.165) is 18.5 Å². The van der Waals surface area contributed by atoms with Gasteiger partial charge in [0.1, 0.15) is 0 Å². The second-order valence-corrected chi connectivity index (χ2v) is 8.65. The third-order valence-electron chi connectivity index (χ3n) is 6.35. The number of nitrogens with one attached hydrogen (secondary N) is 1. The molecule has 0 saturated heterocycles. The van der Waals surface area contributed by atoms with Gasteiger partial charge in [-0.2, -0.15) is 0 Å². The zero-order valence-electron chi connectivity index (χ0n) is 18.6. The summed E-state index contributed by atoms with van der Waals surface area (Å²) in [6.45, 7) is 7.51. The fourth-order valence-electron chi connectivity index (χ4n) is 4.54. The lowest BCUT2D eigenvalue weighted by Crippen LogP contribution is -2.13. The molecule has 0 aliphatic heterocycles. The molecule has 0 radical (unpaired) electrons. The maximum atomic E-state index is 8.37. The summed E-state index contributed by atoms with van der Waals surface area (Å²) in [4.78, 5) is 2.20. The van der Waals surface area contributed by atoms with Crippen LogP contribution in [0.1, 0.15) is 34.2 Å². The number of allylic oxidation sites excluding steroid dienone is 2. The number of likely N-dealkylation sites (N-methyl/N-ethyl adjacent to an activating group) is 1. The monoisotopic (exact) mass is 394 g/mol. The number of rotatable bonds is 5. The van der Waals surface area contributed by atoms with Crippen LogP contribution in [0.5, 0.6) is 0 Å². The largest absolute Gasteiger partial charge is 0.308 e. The van der Waals surface area contributed by atoms with Crippen LogP contribution in [0, 0.1) is 26.2 Å². The van der Waals surface area contributed by atoms with E-state index in [2.05, 4.69) is 94.4 Å². The Labute approximate surface area is 180 Å². The minimum atomic E-state index is 0.924. The Hall–Kier alpha value is -2.97. The fraction of sp³-hybridized carbons (Fsp3) is 0.250. The van der Waals surface area contributed by atoms with Crippen molar-refractivity contribution in [1.29, 1.82) is 5.41 Å². The lowest BCUT2D eigenvalue weighted by Gasteiger charge is -2.19. The molecule has 1 aliphatic rings. The molecule has 1 aliphatic carbocycles. The van der Waals surface area contributed by atoms with Crippen molar-refractivity contribution in [3.63, 3.8) is 0 Å². The van der Waals surface area contributed by atoms with E-state index in [0.29, 0.717) is 0 Å². The van der Waals surface area contributed by atoms with Crippen LogP contribution < -0.4 is 0 Å². The summed E-state index contributed by atoms with van der Waals surface area (Å²) in [5, 5.41) is 10.8. The van der Waals surface area contributed by atoms with Gasteiger partial charge >= 0.3 is 0 Å². The molecule has 0 saturated carbocycles. The van der Waals surface area contributed by atoms with Crippen LogP contribution in [-0.2, 0) is 0 Å². The zero-order chi connectivity index (χ0) is 21.4. The normalized spacial score (nSPS) is 13.7. The van der Waals surface area contributed by atoms with E-state index in [4.69, 9.17) is 5.41 Å². The van der Waals surface area contributed by atoms with Crippen LogP contribution in [0.4, 0.5) is 0 Å². The molecular weight excluding hydrogens is 364 g/mol. The maximum Gasteiger partial charge on any atom is 0.0262 e. The van der Waals surface area contributed by atoms with Crippen molar-refractivity contribution in [1.82, 2.24) is 4.90 Å². The van der Waals surface area contributed by atoms with Crippen LogP contribution in [0.25, 0.3) is 27.5 Å². The Morgan fingerprint density at radius 2 is 1.73 bits per heavy atom. The number of hydrogen-bond acceptors (Lipinski definition) is 2. The topological polar surface area (TPSA) is 27.1 Å². The molecule has 0 unspecified atom stereocenters. The Kier molecular flexibility index (Phi) is 5.44. The minimum Gasteiger partial charge on any atom is -0.308 e. The molecule has 1 N–H and O–H groups in total. The van der Waals surface area contributed by atoms with E-state index in [9.17, 15) is 0 Å². The Bertz CT molecular complexity index is 1210. The highest BCUT2D eigenvalue weighted by molar-refractivity contribution is 6.09. The zero-order valence-corrected chi connectivity index (χ0v) is 18.6. The summed E-state index contributed by atoms with van der Waals surface area (Å²) in [5.41, 5.74) is 11.2. The second kappa shape index (κ2) is 8.04. The average Bonchev–Trinajstić information content (AvgIpc) is 3.18. The summed E-state index contributed by atoms with van der Waals surface area (Å²) in [5.74, 6) is 0. The molecule has 4 rings (SSSR count). The van der Waals surface area contributed by atoms with Gasteiger partial charge in [-0.15, -0.1) is 0 Å². The molecule has 30 heavy (non-hydrogen) atoms. The number of aryl methyl sites for hydroxylation is 1. The number of benzene rings is 3. The predicted octanol–water partition coefficient (Wildman–Crippen LogP) is 6.70. The Balaban J connectivity index is 2.00. The molecule has 0 atom stereocenters. The molecule has 0 aromatic heterocycles. The van der Waals surface area contributed by atoms with Gasteiger partial charge in [-0.05, 0) is 103 Å². The quantitative estimate of drug-likeness (QED) is 0.479. The van der Waals surface area contributed by atoms with Gasteiger partial charge in [0.2, 0.25) is 0 Å². The predicted molar refractivity (Wildman–Crippen MR) is 131 cm³/mol. The summed E-state index contributed by atoms with van der Waals surface area (Å²) >= 11 is 0. The highest BCUT2D eigenvalue weighted by Gasteiger charge is 2.20. The van der Waals surface area contributed by atoms with Crippen molar-refractivity contribution in [2.45, 2.75) is 27.2 Å². The average molecular weight is 395 g/mol. The molecule has 0 heterocycles. The third kappa shape index (κ3) is 3.53. The van der Waals surface area contributed by atoms with Crippen molar-refractivity contribution < 1.29 is 0 Å². The van der Waals surface area contributed by atoms with Gasteiger partial charge < -0.3 is 10.3 Å². The third-order valence-corrected chi connectivity index (χ3v) is 6.35. The van der Waals surface area contributed by atoms with Crippen molar-refractivity contribution in [2.24, 2.45) is 0 Å². The van der Waals surface area contributed by atoms with Gasteiger partial charge in [0, 0.05) is 18.3 Å². The Morgan fingerprint density at radius 3 is 2.47 bits per heavy atom. The van der Waals surface area contributed by atoms with E-state index >= 15 is 0 Å². The lowest BCUT2D eigenvalue weighted by atomic mass is 9.84. The van der Waals surface area contributed by atoms with Crippen LogP contribution in [0.3, 0.4) is 0 Å². The number of nitrogens with zero attached hydrogens (tertiary/aromatic N) is 1. The molecule has 0 fully saturated rings. The smallest absolute Gasteiger partial charge is 0.0262 e. The van der Waals surface area contributed by atoms with Gasteiger partial charge in [-0.25, -0.2) is 0 Å². The molecule has 3 aromatic carbocycles. The van der Waals surface area contributed by atoms with Crippen LogP contribution in [0.15, 0.2) is 60.2 Å². The molecular formula is C28H30N2. The molecule has 0 amide bonds. The van der Waals surface area contributed by atoms with Gasteiger partial charge in [-0.3, -0.25) is 0 Å². The van der Waals surface area contributed by atoms with E-state index in [1.54, 1.807) is 6.21 Å². The van der Waals surface area contributed by atoms with Gasteiger partial charge in [-0.1, -0.05) is 48.6 Å². The molecule has 2 nitrogen and oxygen atoms in total. The lowest BCUT2D eigenvalue weighted by molar-refractivity contribution is 0.449. The summed E-state index contributed by atoms with van der Waals surface area (Å²) in [6.07, 6.45) is 7.11. The van der Waals surface area contributed by atoms with E-state index in [-0.39, 0.29) is 0 Å². The number of fused-ring (bicyclic) bond motifs is 1. The van der Waals surface area contributed by atoms with Crippen molar-refractivity contribution in [3.8, 4) is 11.1 Å². The molecule has 0 bridgehead atoms. The molecule has 0 spiro atoms.